The van der Waals surface area contributed by atoms with Crippen molar-refractivity contribution in [3.63, 3.8) is 0 Å². The second kappa shape index (κ2) is 7.16. The topological polar surface area (TPSA) is 26.0 Å². The fraction of sp³-hybridized carbons (Fsp3) is 0.294. The Morgan fingerprint density at radius 2 is 1.75 bits per heavy atom. The third-order valence-electron chi connectivity index (χ3n) is 3.37. The van der Waals surface area contributed by atoms with E-state index in [1.54, 1.807) is 11.8 Å². The lowest BCUT2D eigenvalue weighted by atomic mass is 10.0. The highest BCUT2D eigenvalue weighted by Crippen LogP contribution is 2.30. The molecule has 0 aliphatic rings. The van der Waals surface area contributed by atoms with Crippen molar-refractivity contribution in [2.24, 2.45) is 5.73 Å². The summed E-state index contributed by atoms with van der Waals surface area (Å²) in [7, 11) is 0. The summed E-state index contributed by atoms with van der Waals surface area (Å²) >= 11 is 7.66. The molecule has 2 aromatic rings. The normalized spacial score (nSPS) is 12.4. The van der Waals surface area contributed by atoms with Crippen molar-refractivity contribution in [1.29, 1.82) is 0 Å². The maximum Gasteiger partial charge on any atom is 0.0406 e. The van der Waals surface area contributed by atoms with Crippen LogP contribution in [0.3, 0.4) is 0 Å². The van der Waals surface area contributed by atoms with Crippen LogP contribution in [0.4, 0.5) is 0 Å². The quantitative estimate of drug-likeness (QED) is 0.833. The second-order valence-corrected chi connectivity index (χ2v) is 6.60. The van der Waals surface area contributed by atoms with Crippen LogP contribution < -0.4 is 5.73 Å². The van der Waals surface area contributed by atoms with E-state index in [0.29, 0.717) is 0 Å². The van der Waals surface area contributed by atoms with E-state index in [0.717, 1.165) is 17.9 Å². The first-order valence-electron chi connectivity index (χ1n) is 6.87. The van der Waals surface area contributed by atoms with Crippen LogP contribution in [-0.4, -0.2) is 6.04 Å². The molecule has 0 spiro atoms. The number of nitrogens with two attached hydrogens (primary N) is 1. The molecule has 0 aliphatic carbocycles. The largest absolute Gasteiger partial charge is 0.327 e. The first kappa shape index (κ1) is 15.4. The van der Waals surface area contributed by atoms with Gasteiger partial charge in [-0.15, -0.1) is 0 Å². The summed E-state index contributed by atoms with van der Waals surface area (Å²) in [6.07, 6.45) is 1.97. The molecule has 0 saturated carbocycles. The van der Waals surface area contributed by atoms with Gasteiger partial charge in [-0.25, -0.2) is 0 Å². The van der Waals surface area contributed by atoms with E-state index in [1.807, 2.05) is 24.3 Å². The van der Waals surface area contributed by atoms with Crippen molar-refractivity contribution in [1.82, 2.24) is 0 Å². The maximum absolute atomic E-state index is 6.03. The minimum absolute atomic E-state index is 0.253. The SMILES string of the molecule is CCC(N)Cc1ccc(Sc2ccc(Cl)cc2)cc1C. The van der Waals surface area contributed by atoms with Gasteiger partial charge < -0.3 is 5.73 Å². The van der Waals surface area contributed by atoms with Crippen LogP contribution in [-0.2, 0) is 6.42 Å². The van der Waals surface area contributed by atoms with Gasteiger partial charge in [-0.3, -0.25) is 0 Å². The second-order valence-electron chi connectivity index (χ2n) is 5.02. The molecule has 2 N–H and O–H groups in total. The Morgan fingerprint density at radius 1 is 1.10 bits per heavy atom. The Morgan fingerprint density at radius 3 is 2.35 bits per heavy atom. The van der Waals surface area contributed by atoms with E-state index in [2.05, 4.69) is 32.0 Å². The minimum atomic E-state index is 0.253. The van der Waals surface area contributed by atoms with Crippen molar-refractivity contribution in [3.05, 3.63) is 58.6 Å². The molecule has 2 rings (SSSR count). The lowest BCUT2D eigenvalue weighted by Crippen LogP contribution is -2.21. The van der Waals surface area contributed by atoms with E-state index in [-0.39, 0.29) is 6.04 Å². The van der Waals surface area contributed by atoms with Crippen molar-refractivity contribution < 1.29 is 0 Å². The monoisotopic (exact) mass is 305 g/mol. The number of halogens is 1. The van der Waals surface area contributed by atoms with Gasteiger partial charge in [-0.2, -0.15) is 0 Å². The molecule has 0 saturated heterocycles. The number of rotatable bonds is 5. The summed E-state index contributed by atoms with van der Waals surface area (Å²) in [4.78, 5) is 2.45. The van der Waals surface area contributed by atoms with Crippen LogP contribution in [0.1, 0.15) is 24.5 Å². The standard InChI is InChI=1S/C17H20ClNS/c1-3-15(19)11-13-4-7-17(10-12(13)2)20-16-8-5-14(18)6-9-16/h4-10,15H,3,11,19H2,1-2H3. The van der Waals surface area contributed by atoms with Gasteiger partial charge in [0, 0.05) is 20.9 Å². The zero-order valence-electron chi connectivity index (χ0n) is 11.9. The highest BCUT2D eigenvalue weighted by Gasteiger charge is 2.06. The Bertz CT molecular complexity index is 566. The molecule has 0 fully saturated rings. The third-order valence-corrected chi connectivity index (χ3v) is 4.62. The molecule has 0 amide bonds. The summed E-state index contributed by atoms with van der Waals surface area (Å²) in [5.41, 5.74) is 8.69. The lowest BCUT2D eigenvalue weighted by Gasteiger charge is -2.12. The molecule has 0 heterocycles. The summed E-state index contributed by atoms with van der Waals surface area (Å²) in [5.74, 6) is 0. The van der Waals surface area contributed by atoms with Gasteiger partial charge in [0.2, 0.25) is 0 Å². The van der Waals surface area contributed by atoms with E-state index < -0.39 is 0 Å². The van der Waals surface area contributed by atoms with Gasteiger partial charge in [0.15, 0.2) is 0 Å². The van der Waals surface area contributed by atoms with E-state index in [4.69, 9.17) is 17.3 Å². The average Bonchev–Trinajstić information content (AvgIpc) is 2.44. The predicted octanol–water partition coefficient (Wildman–Crippen LogP) is 5.08. The Balaban J connectivity index is 2.10. The van der Waals surface area contributed by atoms with Gasteiger partial charge in [0.25, 0.3) is 0 Å². The van der Waals surface area contributed by atoms with Gasteiger partial charge in [0.05, 0.1) is 0 Å². The number of benzene rings is 2. The van der Waals surface area contributed by atoms with Crippen LogP contribution in [0.2, 0.25) is 5.02 Å². The fourth-order valence-corrected chi connectivity index (χ4v) is 3.07. The molecule has 1 atom stereocenters. The Hall–Kier alpha value is -0.960. The van der Waals surface area contributed by atoms with Gasteiger partial charge >= 0.3 is 0 Å². The zero-order chi connectivity index (χ0) is 14.5. The molecule has 1 unspecified atom stereocenters. The minimum Gasteiger partial charge on any atom is -0.327 e. The molecule has 0 radical (unpaired) electrons. The number of hydrogen-bond acceptors (Lipinski definition) is 2. The highest BCUT2D eigenvalue weighted by atomic mass is 35.5. The fourth-order valence-electron chi connectivity index (χ4n) is 2.03. The first-order valence-corrected chi connectivity index (χ1v) is 8.06. The summed E-state index contributed by atoms with van der Waals surface area (Å²) in [6, 6.07) is 14.8. The van der Waals surface area contributed by atoms with E-state index in [1.165, 1.54) is 20.9 Å². The van der Waals surface area contributed by atoms with Crippen molar-refractivity contribution in [2.45, 2.75) is 42.5 Å². The van der Waals surface area contributed by atoms with Crippen molar-refractivity contribution in [2.75, 3.05) is 0 Å². The molecule has 0 aromatic heterocycles. The first-order chi connectivity index (χ1) is 9.58. The van der Waals surface area contributed by atoms with Gasteiger partial charge in [0.1, 0.15) is 0 Å². The molecule has 2 aromatic carbocycles. The number of hydrogen-bond donors (Lipinski definition) is 1. The molecular weight excluding hydrogens is 286 g/mol. The molecule has 20 heavy (non-hydrogen) atoms. The van der Waals surface area contributed by atoms with Gasteiger partial charge in [-0.1, -0.05) is 36.4 Å². The van der Waals surface area contributed by atoms with Crippen LogP contribution in [0.15, 0.2) is 52.3 Å². The van der Waals surface area contributed by atoms with Crippen LogP contribution in [0.25, 0.3) is 0 Å². The molecule has 3 heteroatoms. The van der Waals surface area contributed by atoms with Crippen LogP contribution in [0, 0.1) is 6.92 Å². The molecule has 106 valence electrons. The lowest BCUT2D eigenvalue weighted by molar-refractivity contribution is 0.644. The number of aryl methyl sites for hydroxylation is 1. The smallest absolute Gasteiger partial charge is 0.0406 e. The summed E-state index contributed by atoms with van der Waals surface area (Å²) in [5, 5.41) is 0.773. The summed E-state index contributed by atoms with van der Waals surface area (Å²) < 4.78 is 0. The molecule has 0 bridgehead atoms. The van der Waals surface area contributed by atoms with Crippen LogP contribution in [0.5, 0.6) is 0 Å². The highest BCUT2D eigenvalue weighted by molar-refractivity contribution is 7.99. The Labute approximate surface area is 130 Å². The van der Waals surface area contributed by atoms with Crippen molar-refractivity contribution in [3.8, 4) is 0 Å². The predicted molar refractivity (Wildman–Crippen MR) is 88.7 cm³/mol. The average molecular weight is 306 g/mol. The third kappa shape index (κ3) is 4.27. The summed E-state index contributed by atoms with van der Waals surface area (Å²) in [6.45, 7) is 4.29. The molecule has 1 nitrogen and oxygen atoms in total. The Kier molecular flexibility index (Phi) is 5.53. The van der Waals surface area contributed by atoms with Gasteiger partial charge in [-0.05, 0) is 67.3 Å². The molecular formula is C17H20ClNS. The van der Waals surface area contributed by atoms with Crippen LogP contribution >= 0.6 is 23.4 Å². The molecule has 0 aliphatic heterocycles. The van der Waals surface area contributed by atoms with E-state index in [9.17, 15) is 0 Å². The maximum atomic E-state index is 6.03. The van der Waals surface area contributed by atoms with E-state index >= 15 is 0 Å². The zero-order valence-corrected chi connectivity index (χ0v) is 13.5. The van der Waals surface area contributed by atoms with Crippen molar-refractivity contribution >= 4 is 23.4 Å².